The summed E-state index contributed by atoms with van der Waals surface area (Å²) in [6, 6.07) is 21.0. The Morgan fingerprint density at radius 2 is 1.69 bits per heavy atom. The van der Waals surface area contributed by atoms with E-state index in [1.54, 1.807) is 37.3 Å². The lowest BCUT2D eigenvalue weighted by Gasteiger charge is -2.11. The first kappa shape index (κ1) is 21.5. The minimum atomic E-state index is -0.760. The van der Waals surface area contributed by atoms with E-state index >= 15 is 0 Å². The molecule has 1 amide bonds. The zero-order chi connectivity index (χ0) is 22.7. The summed E-state index contributed by atoms with van der Waals surface area (Å²) in [5, 5.41) is 2.94. The summed E-state index contributed by atoms with van der Waals surface area (Å²) in [6.07, 6.45) is 0. The van der Waals surface area contributed by atoms with Crippen molar-refractivity contribution in [2.24, 2.45) is 0 Å². The number of rotatable bonds is 5. The van der Waals surface area contributed by atoms with Gasteiger partial charge in [-0.3, -0.25) is 9.59 Å². The molecule has 6 nitrogen and oxygen atoms in total. The smallest absolute Gasteiger partial charge is 0.342 e. The van der Waals surface area contributed by atoms with Crippen molar-refractivity contribution < 1.29 is 18.7 Å². The van der Waals surface area contributed by atoms with Crippen molar-refractivity contribution in [2.75, 3.05) is 11.9 Å². The molecule has 1 heterocycles. The van der Waals surface area contributed by atoms with Gasteiger partial charge in [0.25, 0.3) is 5.91 Å². The minimum absolute atomic E-state index is 0.0745. The number of carbonyl (C=O) groups excluding carboxylic acids is 2. The first-order valence-corrected chi connectivity index (χ1v) is 10.6. The molecule has 4 aromatic rings. The highest BCUT2D eigenvalue weighted by Gasteiger charge is 2.20. The summed E-state index contributed by atoms with van der Waals surface area (Å²) in [6.45, 7) is 1.20. The van der Waals surface area contributed by atoms with Crippen LogP contribution < -0.4 is 10.7 Å². The molecule has 4 rings (SSSR count). The van der Waals surface area contributed by atoms with Crippen molar-refractivity contribution in [3.05, 3.63) is 98.6 Å². The Morgan fingerprint density at radius 1 is 0.969 bits per heavy atom. The number of hydrogen-bond donors (Lipinski definition) is 1. The first-order valence-electron chi connectivity index (χ1n) is 9.79. The molecule has 0 saturated heterocycles. The first-order chi connectivity index (χ1) is 15.5. The Balaban J connectivity index is 1.62. The lowest BCUT2D eigenvalue weighted by Crippen LogP contribution is -2.21. The van der Waals surface area contributed by atoms with Gasteiger partial charge in [0.15, 0.2) is 17.6 Å². The largest absolute Gasteiger partial charge is 0.455 e. The predicted molar refractivity (Wildman–Crippen MR) is 126 cm³/mol. The van der Waals surface area contributed by atoms with Crippen LogP contribution in [0.3, 0.4) is 0 Å². The Morgan fingerprint density at radius 3 is 2.44 bits per heavy atom. The van der Waals surface area contributed by atoms with Gasteiger partial charge in [-0.2, -0.15) is 0 Å². The second-order valence-corrected chi connectivity index (χ2v) is 7.89. The molecular formula is C25H18BrNO5. The second kappa shape index (κ2) is 9.20. The molecule has 0 saturated carbocycles. The Hall–Kier alpha value is -3.71. The normalized spacial score (nSPS) is 10.7. The molecule has 0 aliphatic rings. The van der Waals surface area contributed by atoms with Crippen molar-refractivity contribution in [1.29, 1.82) is 0 Å². The summed E-state index contributed by atoms with van der Waals surface area (Å²) < 4.78 is 11.9. The molecule has 7 heteroatoms. The third-order valence-corrected chi connectivity index (χ3v) is 5.57. The zero-order valence-electron chi connectivity index (χ0n) is 17.1. The fourth-order valence-electron chi connectivity index (χ4n) is 3.29. The summed E-state index contributed by atoms with van der Waals surface area (Å²) in [5.74, 6) is -0.869. The van der Waals surface area contributed by atoms with Crippen LogP contribution >= 0.6 is 15.9 Å². The van der Waals surface area contributed by atoms with Crippen molar-refractivity contribution in [3.63, 3.8) is 0 Å². The van der Waals surface area contributed by atoms with Crippen LogP contribution in [0.1, 0.15) is 15.9 Å². The van der Waals surface area contributed by atoms with Crippen molar-refractivity contribution in [3.8, 4) is 11.3 Å². The van der Waals surface area contributed by atoms with E-state index in [0.717, 1.165) is 5.56 Å². The number of hydrogen-bond acceptors (Lipinski definition) is 5. The molecule has 0 unspecified atom stereocenters. The molecule has 0 atom stereocenters. The van der Waals surface area contributed by atoms with E-state index in [2.05, 4.69) is 21.2 Å². The fraction of sp³-hybridized carbons (Fsp3) is 0.0800. The van der Waals surface area contributed by atoms with E-state index in [0.29, 0.717) is 21.5 Å². The number of benzene rings is 3. The average Bonchev–Trinajstić information content (AvgIpc) is 2.81. The van der Waals surface area contributed by atoms with Crippen LogP contribution in [-0.2, 0) is 9.53 Å². The zero-order valence-corrected chi connectivity index (χ0v) is 18.6. The molecule has 0 spiro atoms. The average molecular weight is 492 g/mol. The molecule has 0 aliphatic carbocycles. The molecular weight excluding hydrogens is 474 g/mol. The second-order valence-electron chi connectivity index (χ2n) is 7.04. The maximum absolute atomic E-state index is 12.9. The summed E-state index contributed by atoms with van der Waals surface area (Å²) in [4.78, 5) is 37.9. The van der Waals surface area contributed by atoms with Gasteiger partial charge in [0.2, 0.25) is 0 Å². The van der Waals surface area contributed by atoms with Crippen LogP contribution in [-0.4, -0.2) is 18.5 Å². The van der Waals surface area contributed by atoms with E-state index in [1.807, 2.05) is 36.4 Å². The summed E-state index contributed by atoms with van der Waals surface area (Å²) in [7, 11) is 0. The van der Waals surface area contributed by atoms with Crippen molar-refractivity contribution in [1.82, 2.24) is 0 Å². The van der Waals surface area contributed by atoms with Crippen LogP contribution in [0, 0.1) is 6.92 Å². The Labute approximate surface area is 192 Å². The molecule has 0 aliphatic heterocycles. The monoisotopic (exact) mass is 491 g/mol. The highest BCUT2D eigenvalue weighted by Crippen LogP contribution is 2.27. The number of ether oxygens (including phenoxy) is 1. The number of amides is 1. The molecule has 1 N–H and O–H groups in total. The van der Waals surface area contributed by atoms with Crippen LogP contribution in [0.4, 0.5) is 5.69 Å². The van der Waals surface area contributed by atoms with E-state index in [-0.39, 0.29) is 22.0 Å². The number of para-hydroxylation sites is 2. The maximum atomic E-state index is 12.9. The molecule has 0 radical (unpaired) electrons. The van der Waals surface area contributed by atoms with Crippen LogP contribution in [0.15, 0.2) is 86.5 Å². The summed E-state index contributed by atoms with van der Waals surface area (Å²) >= 11 is 3.34. The van der Waals surface area contributed by atoms with Crippen LogP contribution in [0.25, 0.3) is 22.3 Å². The van der Waals surface area contributed by atoms with E-state index in [4.69, 9.17) is 9.15 Å². The molecule has 0 bridgehead atoms. The van der Waals surface area contributed by atoms with Crippen molar-refractivity contribution >= 4 is 44.5 Å². The standard InChI is InChI=1S/C25H18BrNO5/c1-15-22(29)17-10-7-11-18(24(17)32-23(15)16-8-3-2-4-9-16)25(30)31-14-21(28)27-20-13-6-5-12-19(20)26/h2-13H,14H2,1H3,(H,27,28). The molecule has 32 heavy (non-hydrogen) atoms. The molecule has 3 aromatic carbocycles. The summed E-state index contributed by atoms with van der Waals surface area (Å²) in [5.41, 5.74) is 1.70. The lowest BCUT2D eigenvalue weighted by molar-refractivity contribution is -0.119. The Kier molecular flexibility index (Phi) is 6.18. The number of nitrogens with one attached hydrogen (secondary N) is 1. The highest BCUT2D eigenvalue weighted by molar-refractivity contribution is 9.10. The van der Waals surface area contributed by atoms with Crippen LogP contribution in [0.5, 0.6) is 0 Å². The van der Waals surface area contributed by atoms with Gasteiger partial charge in [0, 0.05) is 15.6 Å². The predicted octanol–water partition coefficient (Wildman–Crippen LogP) is 5.33. The third kappa shape index (κ3) is 4.33. The van der Waals surface area contributed by atoms with E-state index in [9.17, 15) is 14.4 Å². The van der Waals surface area contributed by atoms with Gasteiger partial charge in [0.05, 0.1) is 11.1 Å². The molecule has 1 aromatic heterocycles. The van der Waals surface area contributed by atoms with Gasteiger partial charge in [-0.15, -0.1) is 0 Å². The third-order valence-electron chi connectivity index (χ3n) is 4.88. The van der Waals surface area contributed by atoms with Crippen LogP contribution in [0.2, 0.25) is 0 Å². The maximum Gasteiger partial charge on any atom is 0.342 e. The minimum Gasteiger partial charge on any atom is -0.455 e. The van der Waals surface area contributed by atoms with E-state index in [1.165, 1.54) is 6.07 Å². The molecule has 0 fully saturated rings. The Bertz CT molecular complexity index is 1380. The number of fused-ring (bicyclic) bond motifs is 1. The fourth-order valence-corrected chi connectivity index (χ4v) is 3.68. The number of esters is 1. The lowest BCUT2D eigenvalue weighted by atomic mass is 10.0. The topological polar surface area (TPSA) is 85.6 Å². The van der Waals surface area contributed by atoms with E-state index < -0.39 is 18.5 Å². The van der Waals surface area contributed by atoms with Gasteiger partial charge in [-0.1, -0.05) is 48.5 Å². The van der Waals surface area contributed by atoms with Gasteiger partial charge in [-0.05, 0) is 47.1 Å². The van der Waals surface area contributed by atoms with Crippen molar-refractivity contribution in [2.45, 2.75) is 6.92 Å². The number of anilines is 1. The number of halogens is 1. The van der Waals surface area contributed by atoms with Gasteiger partial charge in [-0.25, -0.2) is 4.79 Å². The SMILES string of the molecule is Cc1c(-c2ccccc2)oc2c(C(=O)OCC(=O)Nc3ccccc3Br)cccc2c1=O. The number of carbonyl (C=O) groups is 2. The van der Waals surface area contributed by atoms with Gasteiger partial charge >= 0.3 is 5.97 Å². The van der Waals surface area contributed by atoms with Gasteiger partial charge < -0.3 is 14.5 Å². The quantitative estimate of drug-likeness (QED) is 0.381. The van der Waals surface area contributed by atoms with Gasteiger partial charge in [0.1, 0.15) is 11.3 Å². The highest BCUT2D eigenvalue weighted by atomic mass is 79.9. The molecule has 160 valence electrons.